The third kappa shape index (κ3) is 10.7. The number of aliphatic hydroxyl groups excluding tert-OH is 1. The van der Waals surface area contributed by atoms with Gasteiger partial charge in [0.15, 0.2) is 0 Å². The Kier molecular flexibility index (Phi) is 10.6. The third-order valence-electron chi connectivity index (χ3n) is 2.97. The molecule has 0 fully saturated rings. The van der Waals surface area contributed by atoms with Crippen molar-refractivity contribution in [1.82, 2.24) is 0 Å². The topological polar surface area (TPSA) is 75.6 Å². The number of rotatable bonds is 13. The van der Waals surface area contributed by atoms with Gasteiger partial charge < -0.3 is 30.7 Å². The van der Waals surface area contributed by atoms with Gasteiger partial charge in [-0.05, 0) is 39.3 Å². The van der Waals surface area contributed by atoms with E-state index in [0.717, 1.165) is 0 Å². The van der Waals surface area contributed by atoms with Crippen LogP contribution in [0.15, 0.2) is 0 Å². The second-order valence-corrected chi connectivity index (χ2v) is 22.9. The van der Waals surface area contributed by atoms with E-state index in [2.05, 4.69) is 19.6 Å². The highest BCUT2D eigenvalue weighted by Crippen LogP contribution is 2.25. The fourth-order valence-corrected chi connectivity index (χ4v) is 20.8. The van der Waals surface area contributed by atoms with Crippen molar-refractivity contribution in [1.29, 1.82) is 0 Å². The van der Waals surface area contributed by atoms with E-state index in [1.165, 1.54) is 0 Å². The van der Waals surface area contributed by atoms with Crippen LogP contribution in [0, 0.1) is 0 Å². The lowest BCUT2D eigenvalue weighted by Crippen LogP contribution is -2.60. The molecule has 0 rings (SSSR count). The summed E-state index contributed by atoms with van der Waals surface area (Å²) in [5, 5.41) is 8.84. The van der Waals surface area contributed by atoms with Gasteiger partial charge >= 0.3 is 25.9 Å². The number of hydrogen-bond acceptors (Lipinski definition) is 7. The fourth-order valence-electron chi connectivity index (χ4n) is 2.37. The van der Waals surface area contributed by atoms with Crippen molar-refractivity contribution in [3.05, 3.63) is 0 Å². The molecule has 12 heteroatoms. The molecule has 0 bridgehead atoms. The van der Waals surface area contributed by atoms with Crippen LogP contribution in [0.3, 0.4) is 0 Å². The molecule has 0 radical (unpaired) electrons. The zero-order valence-electron chi connectivity index (χ0n) is 16.7. The van der Waals surface area contributed by atoms with E-state index in [1.54, 1.807) is 7.11 Å². The summed E-state index contributed by atoms with van der Waals surface area (Å²) in [6, 6.07) is 0. The molecular weight excluding hydrogens is 397 g/mol. The molecule has 0 aromatic heterocycles. The van der Waals surface area contributed by atoms with Gasteiger partial charge in [0.1, 0.15) is 9.76 Å². The summed E-state index contributed by atoms with van der Waals surface area (Å²) in [6.07, 6.45) is 0.522. The van der Waals surface area contributed by atoms with Crippen LogP contribution >= 0.6 is 0 Å². The number of aliphatic hydroxyl groups is 1. The zero-order valence-corrected chi connectivity index (χ0v) is 22.1. The summed E-state index contributed by atoms with van der Waals surface area (Å²) in [6.45, 7) is 16.5. The molecule has 0 aromatic rings. The Morgan fingerprint density at radius 1 is 0.875 bits per heavy atom. The average molecular weight is 433 g/mol. The van der Waals surface area contributed by atoms with Crippen LogP contribution in [0.4, 0.5) is 0 Å². The second kappa shape index (κ2) is 10.2. The van der Waals surface area contributed by atoms with Gasteiger partial charge in [-0.1, -0.05) is 6.55 Å². The van der Waals surface area contributed by atoms with Crippen molar-refractivity contribution in [2.24, 2.45) is 0 Å². The molecular formula is C12H36O7Si5. The van der Waals surface area contributed by atoms with Crippen molar-refractivity contribution in [3.8, 4) is 0 Å². The van der Waals surface area contributed by atoms with Crippen LogP contribution in [-0.2, 0) is 25.6 Å². The smallest absolute Gasteiger partial charge is 0.435 e. The van der Waals surface area contributed by atoms with Gasteiger partial charge in [0, 0.05) is 13.7 Å². The van der Waals surface area contributed by atoms with Crippen molar-refractivity contribution < 1.29 is 30.7 Å². The quantitative estimate of drug-likeness (QED) is 0.349. The molecule has 0 aromatic carbocycles. The van der Waals surface area contributed by atoms with Gasteiger partial charge in [-0.2, -0.15) is 0 Å². The molecule has 146 valence electrons. The van der Waals surface area contributed by atoms with E-state index in [9.17, 15) is 0 Å². The molecule has 0 amide bonds. The first kappa shape index (κ1) is 24.8. The number of ether oxygens (including phenoxy) is 1. The predicted octanol–water partition coefficient (Wildman–Crippen LogP) is 1.56. The van der Waals surface area contributed by atoms with Gasteiger partial charge in [0.05, 0.1) is 19.4 Å². The maximum absolute atomic E-state index is 8.84. The lowest BCUT2D eigenvalue weighted by Gasteiger charge is -2.40. The number of hydrogen-bond donors (Lipinski definition) is 1. The summed E-state index contributed by atoms with van der Waals surface area (Å²) < 4.78 is 35.9. The van der Waals surface area contributed by atoms with E-state index in [-0.39, 0.29) is 6.61 Å². The van der Waals surface area contributed by atoms with Crippen molar-refractivity contribution in [2.45, 2.75) is 52.4 Å². The molecule has 24 heavy (non-hydrogen) atoms. The minimum Gasteiger partial charge on any atom is -0.435 e. The van der Waals surface area contributed by atoms with Gasteiger partial charge in [-0.15, -0.1) is 0 Å². The lowest BCUT2D eigenvalue weighted by atomic mass is 10.8. The van der Waals surface area contributed by atoms with Crippen LogP contribution in [0.5, 0.6) is 0 Å². The van der Waals surface area contributed by atoms with Crippen molar-refractivity contribution >= 4 is 44.0 Å². The highest BCUT2D eigenvalue weighted by atomic mass is 28.5. The standard InChI is InChI=1S/C12H36O7Si5/c1-14-22(5,6)18-24(9,16-20-2)19-23(7,8)17-21(3,4)12-15-11-10-13/h13H,10-12,20H2,1-9H3/t24-/m1/s1. The molecule has 0 aliphatic heterocycles. The molecule has 1 N–H and O–H groups in total. The summed E-state index contributed by atoms with van der Waals surface area (Å²) in [5.74, 6) is 0. The van der Waals surface area contributed by atoms with Crippen LogP contribution in [0.2, 0.25) is 52.4 Å². The van der Waals surface area contributed by atoms with Crippen molar-refractivity contribution in [2.75, 3.05) is 26.6 Å². The maximum atomic E-state index is 8.84. The largest absolute Gasteiger partial charge is 0.468 e. The van der Waals surface area contributed by atoms with Crippen LogP contribution in [0.1, 0.15) is 0 Å². The predicted molar refractivity (Wildman–Crippen MR) is 108 cm³/mol. The highest BCUT2D eigenvalue weighted by molar-refractivity contribution is 6.88. The van der Waals surface area contributed by atoms with E-state index in [1.807, 2.05) is 32.7 Å². The van der Waals surface area contributed by atoms with E-state index < -0.39 is 44.0 Å². The summed E-state index contributed by atoms with van der Waals surface area (Å²) >= 11 is 0. The molecule has 0 unspecified atom stereocenters. The van der Waals surface area contributed by atoms with E-state index >= 15 is 0 Å². The molecule has 7 nitrogen and oxygen atoms in total. The fraction of sp³-hybridized carbons (Fsp3) is 1.00. The Morgan fingerprint density at radius 3 is 1.88 bits per heavy atom. The first-order chi connectivity index (χ1) is 10.8. The summed E-state index contributed by atoms with van der Waals surface area (Å²) in [7, 11) is -8.63. The Bertz CT molecular complexity index is 370. The van der Waals surface area contributed by atoms with E-state index in [4.69, 9.17) is 30.7 Å². The first-order valence-corrected chi connectivity index (χ1v) is 21.2. The molecule has 0 spiro atoms. The Labute approximate surface area is 153 Å². The molecule has 1 atom stereocenters. The van der Waals surface area contributed by atoms with Gasteiger partial charge in [-0.3, -0.25) is 0 Å². The van der Waals surface area contributed by atoms with Gasteiger partial charge in [0.2, 0.25) is 8.32 Å². The Morgan fingerprint density at radius 2 is 1.42 bits per heavy atom. The zero-order chi connectivity index (χ0) is 19.1. The molecule has 0 heterocycles. The minimum absolute atomic E-state index is 0.0202. The molecule has 0 aliphatic carbocycles. The molecule has 0 aliphatic rings. The normalized spacial score (nSPS) is 16.8. The third-order valence-corrected chi connectivity index (χ3v) is 19.2. The lowest BCUT2D eigenvalue weighted by molar-refractivity contribution is 0.113. The SMILES string of the molecule is CO[Si](C)(C)O[Si@@](C)(O[SiH2]C)O[Si](C)(C)O[Si](C)(C)COCCO. The highest BCUT2D eigenvalue weighted by Gasteiger charge is 2.48. The monoisotopic (exact) mass is 432 g/mol. The first-order valence-electron chi connectivity index (χ1n) is 8.28. The average Bonchev–Trinajstić information content (AvgIpc) is 2.35. The minimum atomic E-state index is -2.80. The van der Waals surface area contributed by atoms with Crippen molar-refractivity contribution in [3.63, 3.8) is 0 Å². The molecule has 0 saturated heterocycles. The summed E-state index contributed by atoms with van der Waals surface area (Å²) in [4.78, 5) is 0. The van der Waals surface area contributed by atoms with Crippen LogP contribution in [-0.4, -0.2) is 75.7 Å². The second-order valence-electron chi connectivity index (χ2n) is 7.14. The maximum Gasteiger partial charge on any atom is 0.468 e. The Hall–Kier alpha value is 0.804. The summed E-state index contributed by atoms with van der Waals surface area (Å²) in [5.41, 5.74) is 0. The van der Waals surface area contributed by atoms with Crippen LogP contribution < -0.4 is 0 Å². The van der Waals surface area contributed by atoms with Gasteiger partial charge in [-0.25, -0.2) is 0 Å². The van der Waals surface area contributed by atoms with Gasteiger partial charge in [0.25, 0.3) is 0 Å². The molecule has 0 saturated carbocycles. The Balaban J connectivity index is 4.97. The van der Waals surface area contributed by atoms with E-state index in [0.29, 0.717) is 12.8 Å². The van der Waals surface area contributed by atoms with Crippen LogP contribution in [0.25, 0.3) is 0 Å².